The molecule has 0 spiro atoms. The van der Waals surface area contributed by atoms with Crippen molar-refractivity contribution in [3.63, 3.8) is 0 Å². The van der Waals surface area contributed by atoms with Crippen molar-refractivity contribution in [2.75, 3.05) is 18.9 Å². The second-order valence-corrected chi connectivity index (χ2v) is 6.86. The molecule has 9 heteroatoms. The van der Waals surface area contributed by atoms with Gasteiger partial charge in [0.15, 0.2) is 5.16 Å². The molecule has 0 aliphatic carbocycles. The van der Waals surface area contributed by atoms with Crippen LogP contribution in [0.2, 0.25) is 0 Å². The molecule has 0 saturated carbocycles. The number of fused-ring (bicyclic) bond motifs is 1. The van der Waals surface area contributed by atoms with E-state index in [1.165, 1.54) is 11.8 Å². The third kappa shape index (κ3) is 4.36. The van der Waals surface area contributed by atoms with E-state index in [9.17, 15) is 9.90 Å². The van der Waals surface area contributed by atoms with E-state index in [1.54, 1.807) is 21.8 Å². The average molecular weight is 363 g/mol. The first kappa shape index (κ1) is 17.8. The van der Waals surface area contributed by atoms with Crippen molar-refractivity contribution in [2.45, 2.75) is 37.7 Å². The molecule has 3 heterocycles. The van der Waals surface area contributed by atoms with Crippen LogP contribution in [0.4, 0.5) is 0 Å². The number of aromatic nitrogens is 4. The Balaban J connectivity index is 1.64. The highest BCUT2D eigenvalue weighted by Crippen LogP contribution is 2.20. The zero-order valence-electron chi connectivity index (χ0n) is 14.0. The maximum Gasteiger partial charge on any atom is 0.233 e. The molecule has 1 amide bonds. The van der Waals surface area contributed by atoms with Gasteiger partial charge in [0.1, 0.15) is 6.10 Å². The first-order chi connectivity index (χ1) is 12.1. The molecular formula is C16H21N5O3S. The van der Waals surface area contributed by atoms with Crippen LogP contribution in [0.1, 0.15) is 29.6 Å². The Hall–Kier alpha value is -1.97. The molecule has 3 rings (SSSR count). The Morgan fingerprint density at radius 3 is 3.04 bits per heavy atom. The molecule has 1 unspecified atom stereocenters. The summed E-state index contributed by atoms with van der Waals surface area (Å²) >= 11 is 1.33. The Kier molecular flexibility index (Phi) is 5.67. The molecule has 0 fully saturated rings. The molecule has 8 nitrogen and oxygen atoms in total. The molecule has 2 N–H and O–H groups in total. The summed E-state index contributed by atoms with van der Waals surface area (Å²) in [5.41, 5.74) is 2.18. The van der Waals surface area contributed by atoms with Gasteiger partial charge in [-0.2, -0.15) is 5.10 Å². The van der Waals surface area contributed by atoms with E-state index in [-0.39, 0.29) is 18.3 Å². The van der Waals surface area contributed by atoms with Crippen molar-refractivity contribution in [2.24, 2.45) is 0 Å². The number of nitrogens with zero attached hydrogens (tertiary/aromatic N) is 5. The van der Waals surface area contributed by atoms with Crippen LogP contribution in [0, 0.1) is 6.92 Å². The van der Waals surface area contributed by atoms with E-state index < -0.39 is 6.10 Å². The third-order valence-corrected chi connectivity index (χ3v) is 4.84. The van der Waals surface area contributed by atoms with Crippen molar-refractivity contribution in [3.8, 4) is 0 Å². The van der Waals surface area contributed by atoms with Gasteiger partial charge in [0.25, 0.3) is 0 Å². The van der Waals surface area contributed by atoms with Gasteiger partial charge >= 0.3 is 0 Å². The molecule has 0 saturated heterocycles. The zero-order chi connectivity index (χ0) is 17.8. The van der Waals surface area contributed by atoms with Gasteiger partial charge in [-0.1, -0.05) is 11.8 Å². The van der Waals surface area contributed by atoms with Crippen LogP contribution in [-0.4, -0.2) is 59.7 Å². The SMILES string of the molecule is Cc1ccnc(SCC(=O)N2CCCn3nc(C(O)CO)cc3C2)n1. The summed E-state index contributed by atoms with van der Waals surface area (Å²) < 4.78 is 1.80. The van der Waals surface area contributed by atoms with E-state index in [1.807, 2.05) is 13.0 Å². The lowest BCUT2D eigenvalue weighted by Crippen LogP contribution is -2.32. The molecule has 1 aliphatic rings. The van der Waals surface area contributed by atoms with Crippen molar-refractivity contribution >= 4 is 17.7 Å². The Morgan fingerprint density at radius 2 is 2.28 bits per heavy atom. The topological polar surface area (TPSA) is 104 Å². The van der Waals surface area contributed by atoms with E-state index in [0.717, 1.165) is 17.8 Å². The van der Waals surface area contributed by atoms with Crippen LogP contribution < -0.4 is 0 Å². The summed E-state index contributed by atoms with van der Waals surface area (Å²) in [7, 11) is 0. The predicted molar refractivity (Wildman–Crippen MR) is 91.8 cm³/mol. The van der Waals surface area contributed by atoms with Crippen molar-refractivity contribution in [1.29, 1.82) is 0 Å². The minimum Gasteiger partial charge on any atom is -0.393 e. The summed E-state index contributed by atoms with van der Waals surface area (Å²) in [6, 6.07) is 3.57. The van der Waals surface area contributed by atoms with Crippen LogP contribution in [0.25, 0.3) is 0 Å². The molecule has 134 valence electrons. The minimum absolute atomic E-state index is 0.0222. The fourth-order valence-corrected chi connectivity index (χ4v) is 3.45. The normalized spacial score (nSPS) is 15.6. The van der Waals surface area contributed by atoms with E-state index >= 15 is 0 Å². The number of carbonyl (C=O) groups excluding carboxylic acids is 1. The number of hydrogen-bond acceptors (Lipinski definition) is 7. The first-order valence-corrected chi connectivity index (χ1v) is 9.11. The Bertz CT molecular complexity index is 751. The number of carbonyl (C=O) groups is 1. The van der Waals surface area contributed by atoms with Gasteiger partial charge in [0, 0.05) is 25.0 Å². The number of aliphatic hydroxyl groups excluding tert-OH is 2. The smallest absolute Gasteiger partial charge is 0.233 e. The molecule has 2 aromatic heterocycles. The third-order valence-electron chi connectivity index (χ3n) is 4.00. The maximum absolute atomic E-state index is 12.5. The van der Waals surface area contributed by atoms with Crippen LogP contribution in [-0.2, 0) is 17.9 Å². The van der Waals surface area contributed by atoms with Gasteiger partial charge in [0.2, 0.25) is 5.91 Å². The minimum atomic E-state index is -0.988. The summed E-state index contributed by atoms with van der Waals surface area (Å²) in [5, 5.41) is 23.7. The lowest BCUT2D eigenvalue weighted by Gasteiger charge is -2.19. The summed E-state index contributed by atoms with van der Waals surface area (Å²) in [5.74, 6) is 0.304. The molecule has 0 bridgehead atoms. The number of aryl methyl sites for hydroxylation is 2. The lowest BCUT2D eigenvalue weighted by atomic mass is 10.2. The van der Waals surface area contributed by atoms with Crippen molar-refractivity contribution < 1.29 is 15.0 Å². The van der Waals surface area contributed by atoms with Crippen LogP contribution in [0.3, 0.4) is 0 Å². The molecule has 25 heavy (non-hydrogen) atoms. The highest BCUT2D eigenvalue weighted by molar-refractivity contribution is 7.99. The standard InChI is InChI=1S/C16H21N5O3S/c1-11-3-4-17-16(18-11)25-10-15(24)20-5-2-6-21-12(8-20)7-13(19-21)14(23)9-22/h3-4,7,14,22-23H,2,5-6,8-10H2,1H3. The molecule has 2 aromatic rings. The van der Waals surface area contributed by atoms with Gasteiger partial charge in [-0.05, 0) is 25.5 Å². The predicted octanol–water partition coefficient (Wildman–Crippen LogP) is 0.532. The zero-order valence-corrected chi connectivity index (χ0v) is 14.8. The van der Waals surface area contributed by atoms with E-state index in [4.69, 9.17) is 5.11 Å². The second-order valence-electron chi connectivity index (χ2n) is 5.92. The first-order valence-electron chi connectivity index (χ1n) is 8.12. The summed E-state index contributed by atoms with van der Waals surface area (Å²) in [4.78, 5) is 22.8. The fraction of sp³-hybridized carbons (Fsp3) is 0.500. The number of rotatable bonds is 5. The quantitative estimate of drug-likeness (QED) is 0.590. The number of hydrogen-bond donors (Lipinski definition) is 2. The largest absolute Gasteiger partial charge is 0.393 e. The Morgan fingerprint density at radius 1 is 1.44 bits per heavy atom. The maximum atomic E-state index is 12.5. The second kappa shape index (κ2) is 7.94. The highest BCUT2D eigenvalue weighted by atomic mass is 32.2. The van der Waals surface area contributed by atoms with Gasteiger partial charge < -0.3 is 15.1 Å². The highest BCUT2D eigenvalue weighted by Gasteiger charge is 2.22. The monoisotopic (exact) mass is 363 g/mol. The van der Waals surface area contributed by atoms with Crippen molar-refractivity contribution in [1.82, 2.24) is 24.6 Å². The van der Waals surface area contributed by atoms with Crippen LogP contribution in [0.15, 0.2) is 23.5 Å². The van der Waals surface area contributed by atoms with Gasteiger partial charge in [-0.25, -0.2) is 9.97 Å². The number of thioether (sulfide) groups is 1. The summed E-state index contributed by atoms with van der Waals surface area (Å²) in [6.45, 7) is 3.31. The summed E-state index contributed by atoms with van der Waals surface area (Å²) in [6.07, 6.45) is 1.49. The van der Waals surface area contributed by atoms with Gasteiger partial charge in [-0.3, -0.25) is 9.48 Å². The Labute approximate surface area is 149 Å². The van der Waals surface area contributed by atoms with E-state index in [0.29, 0.717) is 30.5 Å². The van der Waals surface area contributed by atoms with Crippen LogP contribution >= 0.6 is 11.8 Å². The van der Waals surface area contributed by atoms with Crippen molar-refractivity contribution in [3.05, 3.63) is 35.4 Å². The molecule has 0 aromatic carbocycles. The lowest BCUT2D eigenvalue weighted by molar-refractivity contribution is -0.128. The molecular weight excluding hydrogens is 342 g/mol. The van der Waals surface area contributed by atoms with Crippen LogP contribution in [0.5, 0.6) is 0 Å². The molecule has 1 aliphatic heterocycles. The van der Waals surface area contributed by atoms with E-state index in [2.05, 4.69) is 15.1 Å². The number of aliphatic hydroxyl groups is 2. The average Bonchev–Trinajstić information content (AvgIpc) is 2.90. The fourth-order valence-electron chi connectivity index (χ4n) is 2.67. The number of amides is 1. The van der Waals surface area contributed by atoms with Gasteiger partial charge in [-0.15, -0.1) is 0 Å². The molecule has 1 atom stereocenters. The van der Waals surface area contributed by atoms with Gasteiger partial charge in [0.05, 0.1) is 30.3 Å². The molecule has 0 radical (unpaired) electrons.